The Balaban J connectivity index is 1.46. The number of carbonyl (C=O) groups excluding carboxylic acids is 2. The first-order valence-corrected chi connectivity index (χ1v) is 11.7. The van der Waals surface area contributed by atoms with Gasteiger partial charge in [0.2, 0.25) is 0 Å². The number of carboxylic acids is 1. The molecular weight excluding hydrogens is 491 g/mol. The van der Waals surface area contributed by atoms with Crippen molar-refractivity contribution in [3.05, 3.63) is 87.4 Å². The van der Waals surface area contributed by atoms with E-state index in [0.29, 0.717) is 0 Å². The molecule has 0 fully saturated rings. The van der Waals surface area contributed by atoms with E-state index in [9.17, 15) is 14.4 Å². The summed E-state index contributed by atoms with van der Waals surface area (Å²) in [5.41, 5.74) is 4.62. The van der Waals surface area contributed by atoms with Gasteiger partial charge in [-0.15, -0.1) is 0 Å². The molecule has 2 N–H and O–H groups in total. The minimum Gasteiger partial charge on any atom is -0.480 e. The topological polar surface area (TPSA) is 95.9 Å². The summed E-state index contributed by atoms with van der Waals surface area (Å²) in [7, 11) is 0. The average Bonchev–Trinajstić information content (AvgIpc) is 3.16. The Hall–Kier alpha value is -3.55. The molecule has 0 bridgehead atoms. The van der Waals surface area contributed by atoms with Crippen molar-refractivity contribution in [2.45, 2.75) is 12.8 Å². The first kappa shape index (κ1) is 24.6. The molecule has 0 atom stereocenters. The summed E-state index contributed by atoms with van der Waals surface area (Å²) in [6.07, 6.45) is -0.740. The van der Waals surface area contributed by atoms with Gasteiger partial charge in [-0.3, -0.25) is 14.9 Å². The standard InChI is InChI=1S/C26H22Cl2N2O5/c1-2-30(13-23(31)32)25(33)15-11-21(27)24(22(28)12-15)29-26(34)35-14-20-18-9-5-3-7-16(18)17-8-4-6-10-19(17)20/h3-12,20H,2,13-14H2,1H3,(H,29,34)(H,31,32). The van der Waals surface area contributed by atoms with Crippen LogP contribution in [0.15, 0.2) is 60.7 Å². The smallest absolute Gasteiger partial charge is 0.411 e. The second-order valence-electron chi connectivity index (χ2n) is 7.98. The number of aliphatic carboxylic acids is 1. The van der Waals surface area contributed by atoms with Crippen LogP contribution < -0.4 is 5.32 Å². The van der Waals surface area contributed by atoms with Gasteiger partial charge in [0.1, 0.15) is 13.2 Å². The Morgan fingerprint density at radius 2 is 1.51 bits per heavy atom. The van der Waals surface area contributed by atoms with Gasteiger partial charge in [0, 0.05) is 18.0 Å². The number of nitrogens with zero attached hydrogens (tertiary/aromatic N) is 1. The van der Waals surface area contributed by atoms with Crippen molar-refractivity contribution in [1.29, 1.82) is 0 Å². The Labute approximate surface area is 212 Å². The van der Waals surface area contributed by atoms with Crippen molar-refractivity contribution < 1.29 is 24.2 Å². The number of ether oxygens (including phenoxy) is 1. The first-order valence-electron chi connectivity index (χ1n) is 10.9. The van der Waals surface area contributed by atoms with Crippen LogP contribution in [0.1, 0.15) is 34.3 Å². The molecule has 7 nitrogen and oxygen atoms in total. The molecule has 0 saturated heterocycles. The summed E-state index contributed by atoms with van der Waals surface area (Å²) in [4.78, 5) is 37.4. The Morgan fingerprint density at radius 1 is 0.971 bits per heavy atom. The second kappa shape index (κ2) is 10.4. The monoisotopic (exact) mass is 512 g/mol. The minimum atomic E-state index is -1.13. The lowest BCUT2D eigenvalue weighted by molar-refractivity contribution is -0.137. The number of rotatable bonds is 7. The fraction of sp³-hybridized carbons (Fsp3) is 0.192. The van der Waals surface area contributed by atoms with Gasteiger partial charge < -0.3 is 14.7 Å². The van der Waals surface area contributed by atoms with Gasteiger partial charge in [-0.2, -0.15) is 0 Å². The van der Waals surface area contributed by atoms with E-state index in [1.165, 1.54) is 12.1 Å². The summed E-state index contributed by atoms with van der Waals surface area (Å²) < 4.78 is 5.52. The van der Waals surface area contributed by atoms with Crippen LogP contribution in [0.2, 0.25) is 10.0 Å². The van der Waals surface area contributed by atoms with E-state index in [1.807, 2.05) is 48.5 Å². The lowest BCUT2D eigenvalue weighted by Crippen LogP contribution is -2.35. The van der Waals surface area contributed by atoms with Gasteiger partial charge in [-0.1, -0.05) is 71.7 Å². The van der Waals surface area contributed by atoms with E-state index in [2.05, 4.69) is 5.32 Å². The van der Waals surface area contributed by atoms with E-state index < -0.39 is 24.5 Å². The molecule has 1 aliphatic rings. The summed E-state index contributed by atoms with van der Waals surface area (Å²) in [5.74, 6) is -1.77. The second-order valence-corrected chi connectivity index (χ2v) is 8.79. The predicted molar refractivity (Wildman–Crippen MR) is 134 cm³/mol. The highest BCUT2D eigenvalue weighted by molar-refractivity contribution is 6.40. The van der Waals surface area contributed by atoms with E-state index in [4.69, 9.17) is 33.0 Å². The fourth-order valence-electron chi connectivity index (χ4n) is 4.23. The molecule has 1 aliphatic carbocycles. The summed E-state index contributed by atoms with van der Waals surface area (Å²) in [5, 5.41) is 11.6. The quantitative estimate of drug-likeness (QED) is 0.410. The lowest BCUT2D eigenvalue weighted by Gasteiger charge is -2.19. The van der Waals surface area contributed by atoms with Gasteiger partial charge in [-0.05, 0) is 41.3 Å². The number of anilines is 1. The van der Waals surface area contributed by atoms with Crippen molar-refractivity contribution >= 4 is 46.9 Å². The molecule has 4 rings (SSSR count). The summed E-state index contributed by atoms with van der Waals surface area (Å²) >= 11 is 12.6. The normalized spacial score (nSPS) is 12.0. The highest BCUT2D eigenvalue weighted by Gasteiger charge is 2.29. The maximum absolute atomic E-state index is 12.6. The van der Waals surface area contributed by atoms with Crippen LogP contribution in [0.25, 0.3) is 11.1 Å². The SMILES string of the molecule is CCN(CC(=O)O)C(=O)c1cc(Cl)c(NC(=O)OCC2c3ccccc3-c3ccccc32)c(Cl)c1. The zero-order chi connectivity index (χ0) is 25.1. The van der Waals surface area contributed by atoms with Gasteiger partial charge >= 0.3 is 12.1 Å². The van der Waals surface area contributed by atoms with Gasteiger partial charge in [0.05, 0.1) is 15.7 Å². The van der Waals surface area contributed by atoms with Crippen LogP contribution in [0.3, 0.4) is 0 Å². The zero-order valence-corrected chi connectivity index (χ0v) is 20.3. The molecule has 0 saturated carbocycles. The van der Waals surface area contributed by atoms with Gasteiger partial charge in [0.25, 0.3) is 5.91 Å². The Bertz CT molecular complexity index is 1240. The number of nitrogens with one attached hydrogen (secondary N) is 1. The third-order valence-corrected chi connectivity index (χ3v) is 6.45. The Kier molecular flexibility index (Phi) is 7.28. The van der Waals surface area contributed by atoms with Crippen LogP contribution in [0.4, 0.5) is 10.5 Å². The number of benzene rings is 3. The molecule has 0 unspecified atom stereocenters. The molecule has 3 aromatic carbocycles. The van der Waals surface area contributed by atoms with Crippen molar-refractivity contribution in [1.82, 2.24) is 4.90 Å². The molecule has 0 aromatic heterocycles. The maximum Gasteiger partial charge on any atom is 0.411 e. The number of halogens is 2. The molecule has 0 aliphatic heterocycles. The summed E-state index contributed by atoms with van der Waals surface area (Å²) in [6.45, 7) is 1.52. The van der Waals surface area contributed by atoms with Gasteiger partial charge in [0.15, 0.2) is 0 Å². The van der Waals surface area contributed by atoms with Crippen LogP contribution in [-0.4, -0.2) is 47.7 Å². The van der Waals surface area contributed by atoms with Gasteiger partial charge in [-0.25, -0.2) is 4.79 Å². The van der Waals surface area contributed by atoms with Crippen LogP contribution in [0.5, 0.6) is 0 Å². The molecule has 35 heavy (non-hydrogen) atoms. The number of hydrogen-bond acceptors (Lipinski definition) is 4. The highest BCUT2D eigenvalue weighted by Crippen LogP contribution is 2.44. The van der Waals surface area contributed by atoms with Crippen molar-refractivity contribution in [2.75, 3.05) is 25.0 Å². The number of fused-ring (bicyclic) bond motifs is 3. The molecule has 180 valence electrons. The van der Waals surface area contributed by atoms with Crippen molar-refractivity contribution in [3.63, 3.8) is 0 Å². The molecule has 0 heterocycles. The first-order chi connectivity index (χ1) is 16.8. The lowest BCUT2D eigenvalue weighted by atomic mass is 9.98. The molecule has 2 amide bonds. The van der Waals surface area contributed by atoms with E-state index in [0.717, 1.165) is 27.2 Å². The third kappa shape index (κ3) is 5.11. The number of amides is 2. The third-order valence-electron chi connectivity index (χ3n) is 5.85. The van der Waals surface area contributed by atoms with Crippen LogP contribution in [0, 0.1) is 0 Å². The van der Waals surface area contributed by atoms with Crippen molar-refractivity contribution in [3.8, 4) is 11.1 Å². The van der Waals surface area contributed by atoms with E-state index in [-0.39, 0.29) is 40.4 Å². The number of hydrogen-bond donors (Lipinski definition) is 2. The highest BCUT2D eigenvalue weighted by atomic mass is 35.5. The average molecular weight is 513 g/mol. The zero-order valence-electron chi connectivity index (χ0n) is 18.8. The maximum atomic E-state index is 12.6. The Morgan fingerprint density at radius 3 is 2.03 bits per heavy atom. The molecule has 3 aromatic rings. The predicted octanol–water partition coefficient (Wildman–Crippen LogP) is 5.90. The van der Waals surface area contributed by atoms with E-state index in [1.54, 1.807) is 6.92 Å². The molecule has 9 heteroatoms. The number of likely N-dealkylation sites (N-methyl/N-ethyl adjacent to an activating group) is 1. The van der Waals surface area contributed by atoms with Crippen molar-refractivity contribution in [2.24, 2.45) is 0 Å². The molecule has 0 radical (unpaired) electrons. The largest absolute Gasteiger partial charge is 0.480 e. The number of carboxylic acid groups (broad SMARTS) is 1. The van der Waals surface area contributed by atoms with Crippen LogP contribution in [-0.2, 0) is 9.53 Å². The number of carbonyl (C=O) groups is 3. The van der Waals surface area contributed by atoms with E-state index >= 15 is 0 Å². The van der Waals surface area contributed by atoms with Crippen LogP contribution >= 0.6 is 23.2 Å². The minimum absolute atomic E-state index is 0.0285. The summed E-state index contributed by atoms with van der Waals surface area (Å²) in [6, 6.07) is 18.7. The fourth-order valence-corrected chi connectivity index (χ4v) is 4.81. The molecule has 0 spiro atoms. The molecular formula is C26H22Cl2N2O5.